The molecule has 0 amide bonds. The molecule has 0 unspecified atom stereocenters. The van der Waals surface area contributed by atoms with Crippen molar-refractivity contribution < 1.29 is 4.90 Å². The third-order valence-corrected chi connectivity index (χ3v) is 7.26. The normalized spacial score (nSPS) is 20.3. The second kappa shape index (κ2) is 7.69. The van der Waals surface area contributed by atoms with E-state index in [1.54, 1.807) is 16.2 Å². The summed E-state index contributed by atoms with van der Waals surface area (Å²) < 4.78 is 0. The molecule has 0 saturated carbocycles. The molecule has 1 fully saturated rings. The number of H-pyrrole nitrogens is 1. The van der Waals surface area contributed by atoms with Gasteiger partial charge < -0.3 is 9.88 Å². The van der Waals surface area contributed by atoms with Gasteiger partial charge in [-0.05, 0) is 49.9 Å². The van der Waals surface area contributed by atoms with Crippen molar-refractivity contribution in [2.24, 2.45) is 5.92 Å². The summed E-state index contributed by atoms with van der Waals surface area (Å²) in [6.45, 7) is 9.78. The third kappa shape index (κ3) is 4.07. The van der Waals surface area contributed by atoms with Gasteiger partial charge in [0.1, 0.15) is 16.4 Å². The van der Waals surface area contributed by atoms with Crippen molar-refractivity contribution in [3.63, 3.8) is 0 Å². The van der Waals surface area contributed by atoms with E-state index in [9.17, 15) is 4.79 Å². The summed E-state index contributed by atoms with van der Waals surface area (Å²) in [6.07, 6.45) is 4.07. The molecule has 1 aliphatic rings. The molecule has 1 aliphatic heterocycles. The van der Waals surface area contributed by atoms with Gasteiger partial charge in [0.15, 0.2) is 11.0 Å². The van der Waals surface area contributed by atoms with Crippen molar-refractivity contribution in [1.29, 1.82) is 0 Å². The van der Waals surface area contributed by atoms with Crippen LogP contribution in [0.4, 0.5) is 0 Å². The van der Waals surface area contributed by atoms with Crippen LogP contribution in [0.1, 0.15) is 36.0 Å². The summed E-state index contributed by atoms with van der Waals surface area (Å²) in [6, 6.07) is 1.42. The van der Waals surface area contributed by atoms with Crippen LogP contribution in [0.5, 0.6) is 0 Å². The van der Waals surface area contributed by atoms with Gasteiger partial charge in [0, 0.05) is 22.5 Å². The maximum Gasteiger partial charge on any atom is 0.251 e. The lowest BCUT2D eigenvalue weighted by atomic mass is 9.99. The molecule has 3 aromatic rings. The molecule has 1 saturated heterocycles. The van der Waals surface area contributed by atoms with Crippen LogP contribution in [0.15, 0.2) is 27.2 Å². The van der Waals surface area contributed by atoms with Crippen LogP contribution in [-0.4, -0.2) is 33.0 Å². The number of aromatic amines is 1. The molecule has 0 spiro atoms. The number of aromatic nitrogens is 4. The average Bonchev–Trinajstić information content (AvgIpc) is 2.91. The van der Waals surface area contributed by atoms with E-state index in [4.69, 9.17) is 9.97 Å². The second-order valence-electron chi connectivity index (χ2n) is 7.36. The van der Waals surface area contributed by atoms with Gasteiger partial charge in [-0.2, -0.15) is 0 Å². The Balaban J connectivity index is 1.70. The first-order valence-corrected chi connectivity index (χ1v) is 11.0. The molecule has 8 heteroatoms. The van der Waals surface area contributed by atoms with Gasteiger partial charge in [-0.25, -0.2) is 15.0 Å². The molecule has 4 heterocycles. The maximum atomic E-state index is 11.6. The highest BCUT2D eigenvalue weighted by atomic mass is 32.2. The summed E-state index contributed by atoms with van der Waals surface area (Å²) in [5.41, 5.74) is 1.06. The monoisotopic (exact) mass is 402 g/mol. The van der Waals surface area contributed by atoms with Crippen molar-refractivity contribution in [3.8, 4) is 0 Å². The van der Waals surface area contributed by atoms with E-state index in [2.05, 4.69) is 30.7 Å². The van der Waals surface area contributed by atoms with Crippen molar-refractivity contribution in [2.45, 2.75) is 50.3 Å². The summed E-state index contributed by atoms with van der Waals surface area (Å²) in [7, 11) is 0. The van der Waals surface area contributed by atoms with Crippen LogP contribution < -0.4 is 10.5 Å². The SMILES string of the molecule is Cc1sc2nc(C[NH+]3CCC(C)CC3)nc(Sc3nccc(=O)[nH]3)c2c1C. The van der Waals surface area contributed by atoms with Crippen LogP contribution in [0.25, 0.3) is 10.2 Å². The van der Waals surface area contributed by atoms with Gasteiger partial charge >= 0.3 is 0 Å². The van der Waals surface area contributed by atoms with Crippen LogP contribution in [0, 0.1) is 19.8 Å². The first-order chi connectivity index (χ1) is 13.0. The minimum absolute atomic E-state index is 0.150. The van der Waals surface area contributed by atoms with Crippen molar-refractivity contribution in [3.05, 3.63) is 38.9 Å². The predicted octanol–water partition coefficient (Wildman–Crippen LogP) is 2.36. The van der Waals surface area contributed by atoms with Gasteiger partial charge in [0.25, 0.3) is 5.56 Å². The fourth-order valence-electron chi connectivity index (χ4n) is 3.47. The van der Waals surface area contributed by atoms with Crippen LogP contribution in [0.3, 0.4) is 0 Å². The van der Waals surface area contributed by atoms with Crippen molar-refractivity contribution in [1.82, 2.24) is 19.9 Å². The van der Waals surface area contributed by atoms with Gasteiger partial charge in [-0.3, -0.25) is 4.79 Å². The molecule has 0 aliphatic carbocycles. The minimum Gasteiger partial charge on any atom is -0.329 e. The Labute approximate surface area is 166 Å². The van der Waals surface area contributed by atoms with E-state index < -0.39 is 0 Å². The highest BCUT2D eigenvalue weighted by Gasteiger charge is 2.22. The lowest BCUT2D eigenvalue weighted by molar-refractivity contribution is -0.920. The number of rotatable bonds is 4. The number of nitrogens with zero attached hydrogens (tertiary/aromatic N) is 3. The summed E-state index contributed by atoms with van der Waals surface area (Å²) in [4.78, 5) is 32.3. The van der Waals surface area contributed by atoms with E-state index in [0.717, 1.165) is 33.5 Å². The fourth-order valence-corrected chi connectivity index (χ4v) is 5.54. The molecular weight excluding hydrogens is 378 g/mol. The molecule has 142 valence electrons. The number of nitrogens with one attached hydrogen (secondary N) is 2. The Bertz CT molecular complexity index is 1020. The summed E-state index contributed by atoms with van der Waals surface area (Å²) in [5, 5.41) is 2.53. The van der Waals surface area contributed by atoms with Gasteiger partial charge in [-0.1, -0.05) is 6.92 Å². The standard InChI is InChI=1S/C19H23N5OS2/c1-11-5-8-24(9-6-11)10-14-21-17-16(12(2)13(3)26-17)18(22-14)27-19-20-7-4-15(25)23-19/h4,7,11H,5-6,8-10H2,1-3H3,(H,20,23,25)/p+1. The lowest BCUT2D eigenvalue weighted by Gasteiger charge is -2.26. The zero-order chi connectivity index (χ0) is 19.0. The Morgan fingerprint density at radius 1 is 1.30 bits per heavy atom. The van der Waals surface area contributed by atoms with E-state index in [1.807, 2.05) is 0 Å². The zero-order valence-corrected chi connectivity index (χ0v) is 17.5. The van der Waals surface area contributed by atoms with Crippen molar-refractivity contribution >= 4 is 33.3 Å². The Morgan fingerprint density at radius 3 is 2.81 bits per heavy atom. The number of hydrogen-bond donors (Lipinski definition) is 2. The number of fused-ring (bicyclic) bond motifs is 1. The Hall–Kier alpha value is -1.77. The molecule has 6 nitrogen and oxygen atoms in total. The number of aryl methyl sites for hydroxylation is 2. The smallest absolute Gasteiger partial charge is 0.251 e. The molecule has 3 aromatic heterocycles. The number of likely N-dealkylation sites (tertiary alicyclic amines) is 1. The molecule has 0 aromatic carbocycles. The van der Waals surface area contributed by atoms with Crippen molar-refractivity contribution in [2.75, 3.05) is 13.1 Å². The minimum atomic E-state index is -0.150. The molecule has 0 atom stereocenters. The lowest BCUT2D eigenvalue weighted by Crippen LogP contribution is -3.11. The molecule has 27 heavy (non-hydrogen) atoms. The predicted molar refractivity (Wildman–Crippen MR) is 109 cm³/mol. The van der Waals surface area contributed by atoms with Gasteiger partial charge in [0.05, 0.1) is 13.1 Å². The molecular formula is C19H24N5OS2+. The molecule has 0 radical (unpaired) electrons. The molecule has 2 N–H and O–H groups in total. The highest BCUT2D eigenvalue weighted by molar-refractivity contribution is 7.99. The van der Waals surface area contributed by atoms with E-state index in [1.165, 1.54) is 60.4 Å². The number of piperidine rings is 1. The van der Waals surface area contributed by atoms with Crippen LogP contribution >= 0.6 is 23.1 Å². The third-order valence-electron chi connectivity index (χ3n) is 5.27. The number of quaternary nitrogens is 1. The van der Waals surface area contributed by atoms with Gasteiger partial charge in [0.2, 0.25) is 0 Å². The first-order valence-electron chi connectivity index (χ1n) is 9.33. The maximum absolute atomic E-state index is 11.6. The van der Waals surface area contributed by atoms with E-state index >= 15 is 0 Å². The Morgan fingerprint density at radius 2 is 2.07 bits per heavy atom. The largest absolute Gasteiger partial charge is 0.329 e. The summed E-state index contributed by atoms with van der Waals surface area (Å²) >= 11 is 3.13. The Kier molecular flexibility index (Phi) is 5.29. The first kappa shape index (κ1) is 18.6. The van der Waals surface area contributed by atoms with Crippen LogP contribution in [0.2, 0.25) is 0 Å². The topological polar surface area (TPSA) is 76.0 Å². The van der Waals surface area contributed by atoms with E-state index in [-0.39, 0.29) is 5.56 Å². The van der Waals surface area contributed by atoms with E-state index in [0.29, 0.717) is 5.16 Å². The zero-order valence-electron chi connectivity index (χ0n) is 15.8. The van der Waals surface area contributed by atoms with Gasteiger partial charge in [-0.15, -0.1) is 11.3 Å². The number of thiophene rings is 1. The fraction of sp³-hybridized carbons (Fsp3) is 0.474. The molecule has 4 rings (SSSR count). The second-order valence-corrected chi connectivity index (χ2v) is 9.54. The quantitative estimate of drug-likeness (QED) is 0.518. The molecule has 0 bridgehead atoms. The van der Waals surface area contributed by atoms with Crippen LogP contribution in [-0.2, 0) is 6.54 Å². The highest BCUT2D eigenvalue weighted by Crippen LogP contribution is 2.36. The summed E-state index contributed by atoms with van der Waals surface area (Å²) in [5.74, 6) is 1.71. The average molecular weight is 403 g/mol. The number of hydrogen-bond acceptors (Lipinski definition) is 6.